The number of nitrogens with zero attached hydrogens (tertiary/aromatic N) is 1. The number of fused-ring (bicyclic) bond motifs is 3. The third-order valence-corrected chi connectivity index (χ3v) is 6.48. The fourth-order valence-electron chi connectivity index (χ4n) is 4.85. The number of ether oxygens (including phenoxy) is 3. The summed E-state index contributed by atoms with van der Waals surface area (Å²) in [6.07, 6.45) is 3.77. The van der Waals surface area contributed by atoms with E-state index < -0.39 is 11.8 Å². The highest BCUT2D eigenvalue weighted by Gasteiger charge is 2.48. The monoisotopic (exact) mass is 409 g/mol. The third-order valence-electron chi connectivity index (χ3n) is 6.48. The Hall–Kier alpha value is -1.40. The summed E-state index contributed by atoms with van der Waals surface area (Å²) < 4.78 is 44.7. The van der Waals surface area contributed by atoms with Crippen LogP contribution in [0.4, 0.5) is 8.78 Å². The molecule has 6 heteroatoms. The van der Waals surface area contributed by atoms with Crippen LogP contribution in [0.3, 0.4) is 0 Å². The van der Waals surface area contributed by atoms with Crippen LogP contribution in [-0.2, 0) is 11.2 Å². The maximum absolute atomic E-state index is 13.6. The molecule has 4 nitrogen and oxygen atoms in total. The second-order valence-corrected chi connectivity index (χ2v) is 9.70. The number of piperidine rings is 1. The van der Waals surface area contributed by atoms with Gasteiger partial charge in [0.25, 0.3) is 5.92 Å². The second-order valence-electron chi connectivity index (χ2n) is 9.70. The Morgan fingerprint density at radius 3 is 2.55 bits per heavy atom. The summed E-state index contributed by atoms with van der Waals surface area (Å²) in [5, 5.41) is 0. The Morgan fingerprint density at radius 1 is 1.14 bits per heavy atom. The Bertz CT molecular complexity index is 746. The van der Waals surface area contributed by atoms with Crippen LogP contribution in [0.5, 0.6) is 11.5 Å². The number of hydrogen-bond acceptors (Lipinski definition) is 4. The van der Waals surface area contributed by atoms with E-state index in [0.717, 1.165) is 32.4 Å². The third kappa shape index (κ3) is 4.38. The molecule has 1 aliphatic carbocycles. The topological polar surface area (TPSA) is 30.9 Å². The molecule has 3 unspecified atom stereocenters. The highest BCUT2D eigenvalue weighted by molar-refractivity contribution is 5.49. The number of halogens is 2. The minimum Gasteiger partial charge on any atom is -0.493 e. The zero-order valence-corrected chi connectivity index (χ0v) is 18.0. The van der Waals surface area contributed by atoms with Crippen molar-refractivity contribution >= 4 is 0 Å². The number of alkyl halides is 2. The quantitative estimate of drug-likeness (QED) is 0.685. The van der Waals surface area contributed by atoms with Crippen LogP contribution in [0.15, 0.2) is 12.1 Å². The molecule has 2 heterocycles. The Kier molecular flexibility index (Phi) is 5.53. The smallest absolute Gasteiger partial charge is 0.254 e. The standard InChI is InChI=1S/C23H33F2NO3/c1-22(2,3)29-17-5-6-19-18-12-20(27-4)21(11-15(18)8-10-26(19)13-17)28-14-16-7-9-23(16,24)25/h11-12,16-17,19H,5-10,13-14H2,1-4H3. The van der Waals surface area contributed by atoms with Gasteiger partial charge in [0, 0.05) is 25.6 Å². The molecule has 0 aromatic heterocycles. The first-order chi connectivity index (χ1) is 13.7. The summed E-state index contributed by atoms with van der Waals surface area (Å²) in [7, 11) is 1.61. The van der Waals surface area contributed by atoms with E-state index in [1.807, 2.05) is 6.07 Å². The summed E-state index contributed by atoms with van der Waals surface area (Å²) in [5.74, 6) is -2.04. The van der Waals surface area contributed by atoms with Crippen LogP contribution in [0.1, 0.15) is 63.6 Å². The van der Waals surface area contributed by atoms with Crippen molar-refractivity contribution < 1.29 is 23.0 Å². The zero-order valence-electron chi connectivity index (χ0n) is 18.0. The molecule has 0 radical (unpaired) electrons. The van der Waals surface area contributed by atoms with Gasteiger partial charge in [-0.2, -0.15) is 0 Å². The number of methoxy groups -OCH3 is 1. The van der Waals surface area contributed by atoms with Gasteiger partial charge in [-0.05, 0) is 69.7 Å². The lowest BCUT2D eigenvalue weighted by molar-refractivity contribution is -0.143. The SMILES string of the molecule is COc1cc2c(cc1OCC1CCC1(F)F)CCN1CC(OC(C)(C)C)CCC21. The van der Waals surface area contributed by atoms with Crippen molar-refractivity contribution in [1.29, 1.82) is 0 Å². The molecule has 3 atom stereocenters. The molecular weight excluding hydrogens is 376 g/mol. The second kappa shape index (κ2) is 7.69. The van der Waals surface area contributed by atoms with E-state index >= 15 is 0 Å². The van der Waals surface area contributed by atoms with Crippen molar-refractivity contribution in [2.45, 2.75) is 76.5 Å². The largest absolute Gasteiger partial charge is 0.493 e. The van der Waals surface area contributed by atoms with E-state index in [4.69, 9.17) is 14.2 Å². The van der Waals surface area contributed by atoms with Gasteiger partial charge in [-0.1, -0.05) is 0 Å². The van der Waals surface area contributed by atoms with Crippen molar-refractivity contribution in [3.05, 3.63) is 23.3 Å². The van der Waals surface area contributed by atoms with E-state index in [2.05, 4.69) is 31.7 Å². The van der Waals surface area contributed by atoms with E-state index in [1.54, 1.807) is 7.11 Å². The van der Waals surface area contributed by atoms with Crippen LogP contribution in [0, 0.1) is 5.92 Å². The Balaban J connectivity index is 1.47. The predicted molar refractivity (Wildman–Crippen MR) is 108 cm³/mol. The van der Waals surface area contributed by atoms with Crippen LogP contribution in [0.2, 0.25) is 0 Å². The molecule has 0 N–H and O–H groups in total. The van der Waals surface area contributed by atoms with Gasteiger partial charge in [0.15, 0.2) is 11.5 Å². The molecule has 162 valence electrons. The molecule has 2 aliphatic heterocycles. The fraction of sp³-hybridized carbons (Fsp3) is 0.739. The van der Waals surface area contributed by atoms with Gasteiger partial charge in [-0.15, -0.1) is 0 Å². The minimum absolute atomic E-state index is 0.0280. The van der Waals surface area contributed by atoms with Crippen molar-refractivity contribution in [3.8, 4) is 11.5 Å². The van der Waals surface area contributed by atoms with E-state index in [9.17, 15) is 8.78 Å². The first kappa shape index (κ1) is 20.9. The lowest BCUT2D eigenvalue weighted by Gasteiger charge is -2.45. The number of hydrogen-bond donors (Lipinski definition) is 0. The highest BCUT2D eigenvalue weighted by atomic mass is 19.3. The first-order valence-corrected chi connectivity index (χ1v) is 10.8. The summed E-state index contributed by atoms with van der Waals surface area (Å²) in [5.41, 5.74) is 2.40. The molecule has 0 spiro atoms. The minimum atomic E-state index is -2.59. The fourth-order valence-corrected chi connectivity index (χ4v) is 4.85. The average molecular weight is 410 g/mol. The van der Waals surface area contributed by atoms with Crippen molar-refractivity contribution in [2.75, 3.05) is 26.8 Å². The van der Waals surface area contributed by atoms with Gasteiger partial charge in [0.2, 0.25) is 0 Å². The summed E-state index contributed by atoms with van der Waals surface area (Å²) in [6.45, 7) is 8.29. The van der Waals surface area contributed by atoms with Gasteiger partial charge in [0.1, 0.15) is 0 Å². The molecule has 3 aliphatic rings. The maximum Gasteiger partial charge on any atom is 0.254 e. The summed E-state index contributed by atoms with van der Waals surface area (Å²) in [6, 6.07) is 4.43. The van der Waals surface area contributed by atoms with Crippen LogP contribution < -0.4 is 9.47 Å². The zero-order chi connectivity index (χ0) is 20.8. The van der Waals surface area contributed by atoms with Gasteiger partial charge in [0.05, 0.1) is 31.3 Å². The Labute approximate surface area is 172 Å². The average Bonchev–Trinajstić information content (AvgIpc) is 2.65. The molecule has 1 saturated carbocycles. The van der Waals surface area contributed by atoms with Gasteiger partial charge in [-0.25, -0.2) is 8.78 Å². The van der Waals surface area contributed by atoms with Gasteiger partial charge >= 0.3 is 0 Å². The number of benzene rings is 1. The first-order valence-electron chi connectivity index (χ1n) is 10.8. The summed E-state index contributed by atoms with van der Waals surface area (Å²) >= 11 is 0. The molecule has 4 rings (SSSR count). The van der Waals surface area contributed by atoms with Crippen LogP contribution >= 0.6 is 0 Å². The van der Waals surface area contributed by atoms with Crippen LogP contribution in [0.25, 0.3) is 0 Å². The molecule has 1 saturated heterocycles. The van der Waals surface area contributed by atoms with E-state index in [1.165, 1.54) is 11.1 Å². The highest BCUT2D eigenvalue weighted by Crippen LogP contribution is 2.45. The van der Waals surface area contributed by atoms with E-state index in [0.29, 0.717) is 24.0 Å². The van der Waals surface area contributed by atoms with Crippen LogP contribution in [-0.4, -0.2) is 49.3 Å². The van der Waals surface area contributed by atoms with Crippen molar-refractivity contribution in [3.63, 3.8) is 0 Å². The number of rotatable bonds is 5. The predicted octanol–water partition coefficient (Wildman–Crippen LogP) is 5.00. The maximum atomic E-state index is 13.6. The van der Waals surface area contributed by atoms with Crippen molar-refractivity contribution in [2.24, 2.45) is 5.92 Å². The lowest BCUT2D eigenvalue weighted by atomic mass is 9.81. The normalized spacial score (nSPS) is 28.8. The van der Waals surface area contributed by atoms with Gasteiger partial charge < -0.3 is 14.2 Å². The molecule has 1 aromatic carbocycles. The van der Waals surface area contributed by atoms with Gasteiger partial charge in [-0.3, -0.25) is 4.90 Å². The van der Waals surface area contributed by atoms with E-state index in [-0.39, 0.29) is 24.7 Å². The summed E-state index contributed by atoms with van der Waals surface area (Å²) in [4.78, 5) is 2.51. The van der Waals surface area contributed by atoms with Crippen molar-refractivity contribution in [1.82, 2.24) is 4.90 Å². The molecule has 0 bridgehead atoms. The Morgan fingerprint density at radius 2 is 1.93 bits per heavy atom. The lowest BCUT2D eigenvalue weighted by Crippen LogP contribution is -2.47. The molecule has 2 fully saturated rings. The molecule has 1 aromatic rings. The molecule has 0 amide bonds. The molecular formula is C23H33F2NO3. The molecule has 29 heavy (non-hydrogen) atoms.